The molecule has 0 aliphatic carbocycles. The van der Waals surface area contributed by atoms with Gasteiger partial charge in [-0.1, -0.05) is 13.8 Å². The molecular weight excluding hydrogens is 568 g/mol. The minimum Gasteiger partial charge on any atom is -0.756 e. The minimum atomic E-state index is -5.14. The Balaban J connectivity index is 0.00000179. The van der Waals surface area contributed by atoms with Gasteiger partial charge < -0.3 is 34.2 Å². The Morgan fingerprint density at radius 3 is 2.13 bits per heavy atom. The summed E-state index contributed by atoms with van der Waals surface area (Å²) in [5.41, 5.74) is 0.565. The SMILES string of the molecule is CCP.CCP.Cc1cc2nc3c(=O)[nH]c(=O)nc-3n(C[C@H](O)[C@H](O)[C@H](O)COP(=O)([O-])O)c2cc1C.[Na+]. The van der Waals surface area contributed by atoms with Gasteiger partial charge in [0.1, 0.15) is 18.3 Å². The van der Waals surface area contributed by atoms with Crippen molar-refractivity contribution in [3.8, 4) is 11.5 Å². The number of nitrogens with one attached hydrogen (secondary N) is 1. The normalized spacial score (nSPS) is 14.7. The summed E-state index contributed by atoms with van der Waals surface area (Å²) in [7, 11) is 0.0158. The molecule has 3 unspecified atom stereocenters. The second kappa shape index (κ2) is 17.2. The van der Waals surface area contributed by atoms with Crippen LogP contribution in [-0.2, 0) is 15.6 Å². The van der Waals surface area contributed by atoms with E-state index in [0.717, 1.165) is 11.1 Å². The molecule has 0 saturated heterocycles. The van der Waals surface area contributed by atoms with Crippen LogP contribution in [-0.4, -0.2) is 77.0 Å². The molecule has 0 radical (unpaired) electrons. The Kier molecular flexibility index (Phi) is 16.9. The zero-order valence-electron chi connectivity index (χ0n) is 22.0. The number of aromatic nitrogens is 4. The van der Waals surface area contributed by atoms with Crippen molar-refractivity contribution >= 4 is 37.3 Å². The molecule has 2 aliphatic rings. The molecule has 208 valence electrons. The van der Waals surface area contributed by atoms with Crippen LogP contribution in [0.25, 0.3) is 22.6 Å². The van der Waals surface area contributed by atoms with E-state index in [1.807, 2.05) is 18.8 Å². The first-order chi connectivity index (χ1) is 17.2. The molecule has 0 bridgehead atoms. The molecule has 2 heterocycles. The fourth-order valence-electron chi connectivity index (χ4n) is 3.06. The zero-order chi connectivity index (χ0) is 28.5. The number of nitrogens with zero attached hydrogens (tertiary/aromatic N) is 3. The topological polar surface area (TPSA) is 211 Å². The predicted molar refractivity (Wildman–Crippen MR) is 145 cm³/mol. The molecule has 13 nitrogen and oxygen atoms in total. The minimum absolute atomic E-state index is 0. The third-order valence-electron chi connectivity index (χ3n) is 4.79. The van der Waals surface area contributed by atoms with Gasteiger partial charge in [-0.2, -0.15) is 4.98 Å². The van der Waals surface area contributed by atoms with Crippen LogP contribution in [0.2, 0.25) is 0 Å². The molecule has 1 aromatic rings. The number of phosphoric acid groups is 1. The standard InChI is InChI=1S/C17H21N4O9P.2C2H7P.Na/c1-7-3-9-10(4-8(7)2)21(15-13(18-9)16(25)20-17(26)19-15)5-11(22)14(24)12(23)6-30-31(27,28)29;2*1-2-3;/h3-4,11-12,14,22-24H,5-6H2,1-2H3,(H,20,25,26)(H2,27,28,29);2*2-3H2,1H3;/q;;;+1/p-1/t11-,12+,14-;;;/m0.../s1. The number of rotatable bonds is 7. The molecule has 1 aromatic carbocycles. The van der Waals surface area contributed by atoms with Crippen LogP contribution in [0.5, 0.6) is 0 Å². The number of aliphatic hydroxyl groups is 3. The first-order valence-corrected chi connectivity index (χ1v) is 14.4. The molecule has 5 N–H and O–H groups in total. The Labute approximate surface area is 246 Å². The molecular formula is C21H34N4NaO9P3. The van der Waals surface area contributed by atoms with E-state index in [1.54, 1.807) is 12.1 Å². The van der Waals surface area contributed by atoms with Crippen molar-refractivity contribution < 1.29 is 63.8 Å². The smallest absolute Gasteiger partial charge is 0.756 e. The molecule has 0 saturated carbocycles. The van der Waals surface area contributed by atoms with Gasteiger partial charge in [0.25, 0.3) is 13.4 Å². The maximum absolute atomic E-state index is 12.2. The summed E-state index contributed by atoms with van der Waals surface area (Å²) in [6, 6.07) is 3.40. The van der Waals surface area contributed by atoms with Gasteiger partial charge in [0.2, 0.25) is 0 Å². The van der Waals surface area contributed by atoms with Crippen LogP contribution in [0.3, 0.4) is 0 Å². The van der Waals surface area contributed by atoms with Gasteiger partial charge in [-0.05, 0) is 49.4 Å². The Hall–Kier alpha value is -0.650. The number of fused-ring (bicyclic) bond motifs is 2. The van der Waals surface area contributed by atoms with Crippen molar-refractivity contribution in [2.75, 3.05) is 18.9 Å². The molecule has 0 aromatic heterocycles. The van der Waals surface area contributed by atoms with Gasteiger partial charge in [0.15, 0.2) is 11.5 Å². The van der Waals surface area contributed by atoms with Crippen molar-refractivity contribution in [3.63, 3.8) is 0 Å². The third kappa shape index (κ3) is 11.1. The Bertz CT molecular complexity index is 1300. The van der Waals surface area contributed by atoms with E-state index >= 15 is 0 Å². The summed E-state index contributed by atoms with van der Waals surface area (Å²) in [6.07, 6.45) is -3.16. The summed E-state index contributed by atoms with van der Waals surface area (Å²) in [5.74, 6) is -0.152. The monoisotopic (exact) mass is 602 g/mol. The van der Waals surface area contributed by atoms with Gasteiger partial charge in [-0.3, -0.25) is 14.3 Å². The fourth-order valence-corrected chi connectivity index (χ4v) is 3.40. The molecule has 0 fully saturated rings. The molecule has 0 amide bonds. The second-order valence-corrected chi connectivity index (χ2v) is 10.7. The summed E-state index contributed by atoms with van der Waals surface area (Å²) in [4.78, 5) is 53.3. The number of hydrogen-bond donors (Lipinski definition) is 5. The predicted octanol–water partition coefficient (Wildman–Crippen LogP) is -3.47. The van der Waals surface area contributed by atoms with Crippen molar-refractivity contribution in [3.05, 3.63) is 44.1 Å². The van der Waals surface area contributed by atoms with Crippen LogP contribution >= 0.6 is 26.3 Å². The number of aryl methyl sites for hydroxylation is 2. The van der Waals surface area contributed by atoms with E-state index in [1.165, 1.54) is 16.9 Å². The maximum atomic E-state index is 12.2. The Morgan fingerprint density at radius 2 is 1.61 bits per heavy atom. The first-order valence-electron chi connectivity index (χ1n) is 11.2. The number of phosphoric ester groups is 1. The van der Waals surface area contributed by atoms with E-state index in [-0.39, 0.29) is 41.1 Å². The van der Waals surface area contributed by atoms with E-state index in [4.69, 9.17) is 4.89 Å². The third-order valence-corrected chi connectivity index (χ3v) is 5.27. The second-order valence-electron chi connectivity index (χ2n) is 7.90. The van der Waals surface area contributed by atoms with Gasteiger partial charge >= 0.3 is 35.2 Å². The van der Waals surface area contributed by atoms with Gasteiger partial charge in [0.05, 0.1) is 24.2 Å². The fraction of sp³-hybridized carbons (Fsp3) is 0.524. The van der Waals surface area contributed by atoms with Crippen molar-refractivity contribution in [2.45, 2.75) is 52.6 Å². The molecule has 3 rings (SSSR count). The van der Waals surface area contributed by atoms with E-state index in [9.17, 15) is 34.4 Å². The quantitative estimate of drug-likeness (QED) is 0.102. The van der Waals surface area contributed by atoms with E-state index in [0.29, 0.717) is 11.0 Å². The molecule has 17 heteroatoms. The van der Waals surface area contributed by atoms with Crippen LogP contribution in [0.1, 0.15) is 25.0 Å². The molecule has 2 aliphatic heterocycles. The molecule has 0 spiro atoms. The molecule has 38 heavy (non-hydrogen) atoms. The van der Waals surface area contributed by atoms with E-state index < -0.39 is 50.5 Å². The summed E-state index contributed by atoms with van der Waals surface area (Å²) >= 11 is 0. The van der Waals surface area contributed by atoms with Crippen LogP contribution in [0, 0.1) is 13.8 Å². The number of H-pyrrole nitrogens is 1. The average Bonchev–Trinajstić information content (AvgIpc) is 2.79. The summed E-state index contributed by atoms with van der Waals surface area (Å²) < 4.78 is 16.0. The van der Waals surface area contributed by atoms with Crippen LogP contribution in [0.4, 0.5) is 0 Å². The summed E-state index contributed by atoms with van der Waals surface area (Å²) in [6.45, 7) is 6.38. The average molecular weight is 602 g/mol. The van der Waals surface area contributed by atoms with Crippen molar-refractivity contribution in [1.82, 2.24) is 19.5 Å². The van der Waals surface area contributed by atoms with Crippen molar-refractivity contribution in [2.24, 2.45) is 0 Å². The zero-order valence-corrected chi connectivity index (χ0v) is 27.2. The Morgan fingerprint density at radius 1 is 1.08 bits per heavy atom. The largest absolute Gasteiger partial charge is 1.00 e. The van der Waals surface area contributed by atoms with Gasteiger partial charge in [-0.25, -0.2) is 9.78 Å². The first kappa shape index (κ1) is 37.4. The van der Waals surface area contributed by atoms with Crippen molar-refractivity contribution in [1.29, 1.82) is 0 Å². The summed E-state index contributed by atoms with van der Waals surface area (Å²) in [5, 5.41) is 30.5. The number of benzene rings is 1. The maximum Gasteiger partial charge on any atom is 1.00 e. The number of aromatic amines is 1. The number of aliphatic hydroxyl groups excluding tert-OH is 3. The van der Waals surface area contributed by atoms with Crippen LogP contribution < -0.4 is 45.7 Å². The van der Waals surface area contributed by atoms with E-state index in [2.05, 4.69) is 46.8 Å². The van der Waals surface area contributed by atoms with Crippen LogP contribution in [0.15, 0.2) is 21.7 Å². The van der Waals surface area contributed by atoms with Gasteiger partial charge in [-0.15, -0.1) is 18.5 Å². The van der Waals surface area contributed by atoms with Gasteiger partial charge in [0, 0.05) is 0 Å². The molecule has 6 atom stereocenters. The number of hydrogen-bond acceptors (Lipinski definition) is 10.